The lowest BCUT2D eigenvalue weighted by molar-refractivity contribution is -0.135. The first-order valence-corrected chi connectivity index (χ1v) is 6.45. The van der Waals surface area contributed by atoms with Crippen LogP contribution in [-0.4, -0.2) is 36.7 Å². The van der Waals surface area contributed by atoms with Crippen molar-refractivity contribution in [1.29, 1.82) is 0 Å². The van der Waals surface area contributed by atoms with Gasteiger partial charge in [0.25, 0.3) is 5.91 Å². The minimum atomic E-state index is -0.168. The molecule has 1 amide bonds. The van der Waals surface area contributed by atoms with Crippen LogP contribution in [0.2, 0.25) is 5.02 Å². The van der Waals surface area contributed by atoms with Crippen LogP contribution in [0.1, 0.15) is 5.56 Å². The second-order valence-corrected chi connectivity index (χ2v) is 4.37. The summed E-state index contributed by atoms with van der Waals surface area (Å²) in [5.74, 6) is -0.168. The molecule has 1 rings (SSSR count). The maximum atomic E-state index is 11.8. The molecule has 0 saturated heterocycles. The van der Waals surface area contributed by atoms with Crippen molar-refractivity contribution in [2.75, 3.05) is 19.7 Å². The van der Waals surface area contributed by atoms with Crippen LogP contribution >= 0.6 is 11.6 Å². The molecular weight excluding hydrogens is 276 g/mol. The quantitative estimate of drug-likeness (QED) is 0.420. The highest BCUT2D eigenvalue weighted by atomic mass is 35.5. The largest absolute Gasteiger partial charge is 0.386 e. The van der Waals surface area contributed by atoms with E-state index in [-0.39, 0.29) is 12.5 Å². The molecular formula is C15H17ClN2O2. The first-order valence-electron chi connectivity index (χ1n) is 6.08. The van der Waals surface area contributed by atoms with Gasteiger partial charge in [-0.05, 0) is 17.7 Å². The summed E-state index contributed by atoms with van der Waals surface area (Å²) < 4.78 is 0. The van der Waals surface area contributed by atoms with E-state index in [4.69, 9.17) is 16.4 Å². The van der Waals surface area contributed by atoms with Crippen molar-refractivity contribution in [3.63, 3.8) is 0 Å². The maximum Gasteiger partial charge on any atom is 0.263 e. The van der Waals surface area contributed by atoms with Gasteiger partial charge in [-0.15, -0.1) is 13.2 Å². The fraction of sp³-hybridized carbons (Fsp3) is 0.200. The van der Waals surface area contributed by atoms with Crippen molar-refractivity contribution in [1.82, 2.24) is 4.90 Å². The van der Waals surface area contributed by atoms with E-state index in [9.17, 15) is 4.79 Å². The predicted molar refractivity (Wildman–Crippen MR) is 82.0 cm³/mol. The fourth-order valence-corrected chi connectivity index (χ4v) is 1.55. The molecule has 0 N–H and O–H groups in total. The smallest absolute Gasteiger partial charge is 0.263 e. The zero-order valence-electron chi connectivity index (χ0n) is 11.2. The SMILES string of the molecule is C=CCN(CC=C)C(=O)CON=Cc1ccc(Cl)cc1. The maximum absolute atomic E-state index is 11.8. The van der Waals surface area contributed by atoms with Gasteiger partial charge in [0.1, 0.15) is 0 Å². The number of amides is 1. The molecule has 0 aliphatic heterocycles. The summed E-state index contributed by atoms with van der Waals surface area (Å²) in [5, 5.41) is 4.40. The molecule has 0 aliphatic carbocycles. The van der Waals surface area contributed by atoms with Crippen LogP contribution in [0.25, 0.3) is 0 Å². The summed E-state index contributed by atoms with van der Waals surface area (Å²) in [6, 6.07) is 7.12. The monoisotopic (exact) mass is 292 g/mol. The van der Waals surface area contributed by atoms with Crippen LogP contribution in [0.15, 0.2) is 54.7 Å². The van der Waals surface area contributed by atoms with E-state index < -0.39 is 0 Å². The zero-order chi connectivity index (χ0) is 14.8. The molecule has 20 heavy (non-hydrogen) atoms. The number of hydrogen-bond donors (Lipinski definition) is 0. The number of nitrogens with zero attached hydrogens (tertiary/aromatic N) is 2. The normalized spacial score (nSPS) is 10.2. The second-order valence-electron chi connectivity index (χ2n) is 3.94. The zero-order valence-corrected chi connectivity index (χ0v) is 11.9. The van der Waals surface area contributed by atoms with E-state index in [1.165, 1.54) is 6.21 Å². The first-order chi connectivity index (χ1) is 9.67. The lowest BCUT2D eigenvalue weighted by Crippen LogP contribution is -2.33. The topological polar surface area (TPSA) is 41.9 Å². The molecule has 0 bridgehead atoms. The molecule has 0 aliphatic rings. The Hall–Kier alpha value is -2.07. The molecule has 0 heterocycles. The van der Waals surface area contributed by atoms with Gasteiger partial charge in [-0.25, -0.2) is 0 Å². The van der Waals surface area contributed by atoms with Gasteiger partial charge in [0.05, 0.1) is 6.21 Å². The summed E-state index contributed by atoms with van der Waals surface area (Å²) >= 11 is 5.77. The number of halogens is 1. The highest BCUT2D eigenvalue weighted by Crippen LogP contribution is 2.07. The van der Waals surface area contributed by atoms with E-state index in [1.807, 2.05) is 0 Å². The van der Waals surface area contributed by atoms with Gasteiger partial charge in [-0.2, -0.15) is 0 Å². The van der Waals surface area contributed by atoms with Gasteiger partial charge in [0, 0.05) is 18.1 Å². The Bertz CT molecular complexity index is 473. The van der Waals surface area contributed by atoms with Crippen LogP contribution in [0.5, 0.6) is 0 Å². The number of benzene rings is 1. The van der Waals surface area contributed by atoms with Gasteiger partial charge < -0.3 is 9.74 Å². The summed E-state index contributed by atoms with van der Waals surface area (Å²) in [7, 11) is 0. The van der Waals surface area contributed by atoms with Crippen molar-refractivity contribution >= 4 is 23.7 Å². The number of carbonyl (C=O) groups excluding carboxylic acids is 1. The fourth-order valence-electron chi connectivity index (χ4n) is 1.42. The number of carbonyl (C=O) groups is 1. The molecule has 0 fully saturated rings. The Kier molecular flexibility index (Phi) is 7.14. The Morgan fingerprint density at radius 3 is 2.40 bits per heavy atom. The lowest BCUT2D eigenvalue weighted by atomic mass is 10.2. The van der Waals surface area contributed by atoms with Gasteiger partial charge >= 0.3 is 0 Å². The standard InChI is InChI=1S/C15H17ClN2O2/c1-3-9-18(10-4-2)15(19)12-20-17-11-13-5-7-14(16)8-6-13/h3-8,11H,1-2,9-10,12H2. The minimum Gasteiger partial charge on any atom is -0.386 e. The molecule has 1 aromatic rings. The highest BCUT2D eigenvalue weighted by Gasteiger charge is 2.10. The summed E-state index contributed by atoms with van der Waals surface area (Å²) in [6.07, 6.45) is 4.83. The van der Waals surface area contributed by atoms with Crippen molar-refractivity contribution in [3.05, 3.63) is 60.2 Å². The predicted octanol–water partition coefficient (Wildman–Crippen LogP) is 2.89. The molecule has 0 aromatic heterocycles. The molecule has 5 heteroatoms. The average Bonchev–Trinajstić information content (AvgIpc) is 2.45. The molecule has 0 atom stereocenters. The summed E-state index contributed by atoms with van der Waals surface area (Å²) in [4.78, 5) is 18.3. The van der Waals surface area contributed by atoms with Crippen molar-refractivity contribution < 1.29 is 9.63 Å². The van der Waals surface area contributed by atoms with Crippen molar-refractivity contribution in [2.45, 2.75) is 0 Å². The third-order valence-electron chi connectivity index (χ3n) is 2.39. The molecule has 0 unspecified atom stereocenters. The summed E-state index contributed by atoms with van der Waals surface area (Å²) in [6.45, 7) is 7.99. The number of hydrogen-bond acceptors (Lipinski definition) is 3. The number of oxime groups is 1. The van der Waals surface area contributed by atoms with E-state index in [0.29, 0.717) is 18.1 Å². The first kappa shape index (κ1) is 16.0. The Morgan fingerprint density at radius 2 is 1.85 bits per heavy atom. The Labute approximate surface area is 124 Å². The Balaban J connectivity index is 2.42. The molecule has 106 valence electrons. The van der Waals surface area contributed by atoms with Crippen LogP contribution in [0, 0.1) is 0 Å². The van der Waals surface area contributed by atoms with E-state index in [2.05, 4.69) is 18.3 Å². The van der Waals surface area contributed by atoms with E-state index in [0.717, 1.165) is 5.56 Å². The average molecular weight is 293 g/mol. The van der Waals surface area contributed by atoms with Crippen molar-refractivity contribution in [3.8, 4) is 0 Å². The van der Waals surface area contributed by atoms with Gasteiger partial charge in [-0.1, -0.05) is 41.0 Å². The third-order valence-corrected chi connectivity index (χ3v) is 2.64. The van der Waals surface area contributed by atoms with Crippen LogP contribution in [0.4, 0.5) is 0 Å². The second kappa shape index (κ2) is 8.93. The molecule has 4 nitrogen and oxygen atoms in total. The van der Waals surface area contributed by atoms with Crippen molar-refractivity contribution in [2.24, 2.45) is 5.16 Å². The van der Waals surface area contributed by atoms with Crippen LogP contribution in [-0.2, 0) is 9.63 Å². The van der Waals surface area contributed by atoms with Gasteiger partial charge in [0.2, 0.25) is 0 Å². The van der Waals surface area contributed by atoms with Gasteiger partial charge in [-0.3, -0.25) is 4.79 Å². The third kappa shape index (κ3) is 5.71. The molecule has 1 aromatic carbocycles. The molecule has 0 saturated carbocycles. The van der Waals surface area contributed by atoms with Crippen LogP contribution in [0.3, 0.4) is 0 Å². The van der Waals surface area contributed by atoms with Crippen LogP contribution < -0.4 is 0 Å². The summed E-state index contributed by atoms with van der Waals surface area (Å²) in [5.41, 5.74) is 0.843. The van der Waals surface area contributed by atoms with E-state index >= 15 is 0 Å². The minimum absolute atomic E-state index is 0.119. The Morgan fingerprint density at radius 1 is 1.25 bits per heavy atom. The van der Waals surface area contributed by atoms with E-state index in [1.54, 1.807) is 41.3 Å². The molecule has 0 spiro atoms. The van der Waals surface area contributed by atoms with Gasteiger partial charge in [0.15, 0.2) is 6.61 Å². The lowest BCUT2D eigenvalue weighted by Gasteiger charge is -2.18. The highest BCUT2D eigenvalue weighted by molar-refractivity contribution is 6.30. The number of rotatable bonds is 8. The molecule has 0 radical (unpaired) electrons.